The van der Waals surface area contributed by atoms with Crippen LogP contribution in [0.2, 0.25) is 5.02 Å². The predicted molar refractivity (Wildman–Crippen MR) is 121 cm³/mol. The first kappa shape index (κ1) is 21.1. The second kappa shape index (κ2) is 9.31. The van der Waals surface area contributed by atoms with E-state index in [9.17, 15) is 4.79 Å². The van der Waals surface area contributed by atoms with Crippen LogP contribution in [0.3, 0.4) is 0 Å². The molecular weight excluding hydrogens is 422 g/mol. The highest BCUT2D eigenvalue weighted by Crippen LogP contribution is 2.36. The summed E-state index contributed by atoms with van der Waals surface area (Å²) in [5.74, 6) is 0.626. The van der Waals surface area contributed by atoms with Gasteiger partial charge in [0.1, 0.15) is 11.3 Å². The average molecular weight is 446 g/mol. The molecule has 8 heteroatoms. The van der Waals surface area contributed by atoms with Gasteiger partial charge in [0.2, 0.25) is 0 Å². The Kier molecular flexibility index (Phi) is 6.53. The van der Waals surface area contributed by atoms with Gasteiger partial charge in [-0.2, -0.15) is 0 Å². The second-order valence-electron chi connectivity index (χ2n) is 7.18. The van der Waals surface area contributed by atoms with Crippen LogP contribution in [0.5, 0.6) is 5.75 Å². The van der Waals surface area contributed by atoms with Crippen LogP contribution in [0, 0.1) is 6.92 Å². The van der Waals surface area contributed by atoms with Crippen LogP contribution in [0.4, 0.5) is 5.13 Å². The first-order chi connectivity index (χ1) is 14.6. The number of aryl methyl sites for hydroxylation is 1. The fourth-order valence-electron chi connectivity index (χ4n) is 3.48. The van der Waals surface area contributed by atoms with Gasteiger partial charge >= 0.3 is 0 Å². The number of anilines is 1. The number of ether oxygens (including phenoxy) is 2. The molecule has 2 aromatic carbocycles. The quantitative estimate of drug-likeness (QED) is 0.567. The van der Waals surface area contributed by atoms with Crippen LogP contribution < -0.4 is 9.64 Å². The maximum Gasteiger partial charge on any atom is 0.260 e. The molecular formula is C22H24ClN3O3S. The Bertz CT molecular complexity index is 1030. The lowest BCUT2D eigenvalue weighted by atomic mass is 10.2. The summed E-state index contributed by atoms with van der Waals surface area (Å²) in [6.07, 6.45) is 0. The Morgan fingerprint density at radius 3 is 2.67 bits per heavy atom. The molecule has 0 atom stereocenters. The molecule has 0 saturated carbocycles. The van der Waals surface area contributed by atoms with Gasteiger partial charge in [0, 0.05) is 36.8 Å². The van der Waals surface area contributed by atoms with E-state index < -0.39 is 0 Å². The molecule has 0 spiro atoms. The van der Waals surface area contributed by atoms with Crippen molar-refractivity contribution in [1.29, 1.82) is 0 Å². The molecule has 0 aliphatic carbocycles. The van der Waals surface area contributed by atoms with E-state index in [0.29, 0.717) is 28.0 Å². The molecule has 6 nitrogen and oxygen atoms in total. The van der Waals surface area contributed by atoms with E-state index in [-0.39, 0.29) is 5.91 Å². The van der Waals surface area contributed by atoms with E-state index in [1.54, 1.807) is 36.3 Å². The summed E-state index contributed by atoms with van der Waals surface area (Å²) >= 11 is 7.53. The van der Waals surface area contributed by atoms with E-state index in [0.717, 1.165) is 48.6 Å². The number of halogens is 1. The number of carbonyl (C=O) groups is 1. The summed E-state index contributed by atoms with van der Waals surface area (Å²) < 4.78 is 12.0. The molecule has 0 N–H and O–H groups in total. The van der Waals surface area contributed by atoms with E-state index in [1.165, 1.54) is 11.3 Å². The molecule has 2 heterocycles. The zero-order valence-corrected chi connectivity index (χ0v) is 18.6. The Morgan fingerprint density at radius 1 is 1.23 bits per heavy atom. The zero-order valence-electron chi connectivity index (χ0n) is 17.1. The monoisotopic (exact) mass is 445 g/mol. The molecule has 4 rings (SSSR count). The number of thiazole rings is 1. The first-order valence-corrected chi connectivity index (χ1v) is 11.1. The number of hydrogen-bond acceptors (Lipinski definition) is 6. The average Bonchev–Trinajstić information content (AvgIpc) is 3.21. The lowest BCUT2D eigenvalue weighted by molar-refractivity contribution is 0.0391. The van der Waals surface area contributed by atoms with Gasteiger partial charge in [0.25, 0.3) is 5.91 Å². The van der Waals surface area contributed by atoms with Crippen molar-refractivity contribution < 1.29 is 14.3 Å². The summed E-state index contributed by atoms with van der Waals surface area (Å²) in [6, 6.07) is 10.9. The third kappa shape index (κ3) is 4.44. The summed E-state index contributed by atoms with van der Waals surface area (Å²) in [6.45, 7) is 6.54. The lowest BCUT2D eigenvalue weighted by Gasteiger charge is -2.29. The number of methoxy groups -OCH3 is 1. The number of aromatic nitrogens is 1. The van der Waals surface area contributed by atoms with Crippen molar-refractivity contribution in [2.24, 2.45) is 0 Å². The smallest absolute Gasteiger partial charge is 0.260 e. The second-order valence-corrected chi connectivity index (χ2v) is 8.59. The van der Waals surface area contributed by atoms with Crippen LogP contribution in [-0.4, -0.2) is 62.3 Å². The summed E-state index contributed by atoms with van der Waals surface area (Å²) in [4.78, 5) is 22.3. The Labute approximate surface area is 185 Å². The van der Waals surface area contributed by atoms with Crippen molar-refractivity contribution >= 4 is 44.2 Å². The third-order valence-electron chi connectivity index (χ3n) is 5.22. The summed E-state index contributed by atoms with van der Waals surface area (Å²) in [5.41, 5.74) is 2.49. The molecule has 1 aliphatic heterocycles. The number of nitrogens with zero attached hydrogens (tertiary/aromatic N) is 3. The van der Waals surface area contributed by atoms with Gasteiger partial charge < -0.3 is 9.47 Å². The first-order valence-electron chi connectivity index (χ1n) is 9.88. The normalized spacial score (nSPS) is 14.8. The molecule has 158 valence electrons. The molecule has 30 heavy (non-hydrogen) atoms. The number of benzene rings is 2. The predicted octanol–water partition coefficient (Wildman–Crippen LogP) is 4.25. The van der Waals surface area contributed by atoms with Gasteiger partial charge in [0.05, 0.1) is 25.0 Å². The van der Waals surface area contributed by atoms with Crippen LogP contribution in [-0.2, 0) is 4.74 Å². The van der Waals surface area contributed by atoms with E-state index in [2.05, 4.69) is 4.90 Å². The van der Waals surface area contributed by atoms with Gasteiger partial charge in [-0.15, -0.1) is 0 Å². The molecule has 0 bridgehead atoms. The van der Waals surface area contributed by atoms with Crippen molar-refractivity contribution in [3.8, 4) is 5.75 Å². The number of fused-ring (bicyclic) bond motifs is 1. The highest BCUT2D eigenvalue weighted by atomic mass is 35.5. The van der Waals surface area contributed by atoms with Crippen LogP contribution in [0.15, 0.2) is 36.4 Å². The van der Waals surface area contributed by atoms with Crippen molar-refractivity contribution in [1.82, 2.24) is 9.88 Å². The summed E-state index contributed by atoms with van der Waals surface area (Å²) in [7, 11) is 1.64. The number of morpholine rings is 1. The minimum Gasteiger partial charge on any atom is -0.494 e. The zero-order chi connectivity index (χ0) is 21.1. The van der Waals surface area contributed by atoms with Crippen LogP contribution in [0.25, 0.3) is 10.2 Å². The minimum atomic E-state index is -0.0874. The largest absolute Gasteiger partial charge is 0.494 e. The Hall–Kier alpha value is -2.19. The highest BCUT2D eigenvalue weighted by molar-refractivity contribution is 7.22. The van der Waals surface area contributed by atoms with E-state index >= 15 is 0 Å². The van der Waals surface area contributed by atoms with Crippen molar-refractivity contribution in [3.05, 3.63) is 52.5 Å². The fraction of sp³-hybridized carbons (Fsp3) is 0.364. The standard InChI is InChI=1S/C22H24ClN3O3S/c1-15-3-8-18(28-2)19-20(15)30-22(24-19)26(10-9-25-11-13-29-14-12-25)21(27)16-4-6-17(23)7-5-16/h3-8H,9-14H2,1-2H3. The Morgan fingerprint density at radius 2 is 1.97 bits per heavy atom. The lowest BCUT2D eigenvalue weighted by Crippen LogP contribution is -2.43. The maximum atomic E-state index is 13.4. The topological polar surface area (TPSA) is 54.9 Å². The van der Waals surface area contributed by atoms with Crippen LogP contribution in [0.1, 0.15) is 15.9 Å². The molecule has 3 aromatic rings. The molecule has 0 unspecified atom stereocenters. The summed E-state index contributed by atoms with van der Waals surface area (Å²) in [5, 5.41) is 1.28. The van der Waals surface area contributed by atoms with Crippen molar-refractivity contribution in [2.75, 3.05) is 51.4 Å². The minimum absolute atomic E-state index is 0.0874. The van der Waals surface area contributed by atoms with Gasteiger partial charge in [-0.3, -0.25) is 14.6 Å². The molecule has 1 aliphatic rings. The molecule has 1 amide bonds. The van der Waals surface area contributed by atoms with E-state index in [1.807, 2.05) is 19.1 Å². The van der Waals surface area contributed by atoms with Crippen molar-refractivity contribution in [3.63, 3.8) is 0 Å². The molecule has 0 radical (unpaired) electrons. The number of carbonyl (C=O) groups excluding carboxylic acids is 1. The van der Waals surface area contributed by atoms with Crippen LogP contribution >= 0.6 is 22.9 Å². The van der Waals surface area contributed by atoms with Gasteiger partial charge in [-0.1, -0.05) is 29.0 Å². The van der Waals surface area contributed by atoms with Crippen molar-refractivity contribution in [2.45, 2.75) is 6.92 Å². The van der Waals surface area contributed by atoms with E-state index in [4.69, 9.17) is 26.1 Å². The van der Waals surface area contributed by atoms with Gasteiger partial charge in [0.15, 0.2) is 5.13 Å². The number of hydrogen-bond donors (Lipinski definition) is 0. The molecule has 1 fully saturated rings. The highest BCUT2D eigenvalue weighted by Gasteiger charge is 2.24. The maximum absolute atomic E-state index is 13.4. The Balaban J connectivity index is 1.68. The van der Waals surface area contributed by atoms with Gasteiger partial charge in [-0.05, 0) is 42.8 Å². The fourth-order valence-corrected chi connectivity index (χ4v) is 4.68. The molecule has 1 aromatic heterocycles. The number of rotatable bonds is 6. The SMILES string of the molecule is COc1ccc(C)c2sc(N(CCN3CCOCC3)C(=O)c3ccc(Cl)cc3)nc12. The third-order valence-corrected chi connectivity index (χ3v) is 6.69. The van der Waals surface area contributed by atoms with Gasteiger partial charge in [-0.25, -0.2) is 4.98 Å². The number of amides is 1. The molecule has 1 saturated heterocycles.